The van der Waals surface area contributed by atoms with Crippen LogP contribution in [0.2, 0.25) is 0 Å². The van der Waals surface area contributed by atoms with E-state index in [0.29, 0.717) is 18.7 Å². The van der Waals surface area contributed by atoms with E-state index in [2.05, 4.69) is 5.10 Å². The van der Waals surface area contributed by atoms with Gasteiger partial charge in [0.2, 0.25) is 5.91 Å². The molecule has 144 valence electrons. The Labute approximate surface area is 160 Å². The predicted molar refractivity (Wildman–Crippen MR) is 103 cm³/mol. The first-order valence-electron chi connectivity index (χ1n) is 9.36. The fourth-order valence-electron chi connectivity index (χ4n) is 3.86. The van der Waals surface area contributed by atoms with Crippen LogP contribution >= 0.6 is 0 Å². The minimum atomic E-state index is -0.158. The molecule has 1 aromatic carbocycles. The topological polar surface area (TPSA) is 64.4 Å². The summed E-state index contributed by atoms with van der Waals surface area (Å²) in [5.41, 5.74) is 3.50. The van der Waals surface area contributed by atoms with Crippen molar-refractivity contribution < 1.29 is 14.3 Å². The molecule has 2 aromatic rings. The van der Waals surface area contributed by atoms with Crippen molar-refractivity contribution in [3.63, 3.8) is 0 Å². The van der Waals surface area contributed by atoms with Gasteiger partial charge in [-0.3, -0.25) is 14.3 Å². The van der Waals surface area contributed by atoms with Crippen LogP contribution in [0, 0.1) is 26.7 Å². The maximum absolute atomic E-state index is 13.0. The van der Waals surface area contributed by atoms with Crippen molar-refractivity contribution in [3.05, 3.63) is 46.8 Å². The van der Waals surface area contributed by atoms with Crippen LogP contribution in [0.3, 0.4) is 0 Å². The third-order valence-corrected chi connectivity index (χ3v) is 5.17. The van der Waals surface area contributed by atoms with E-state index < -0.39 is 0 Å². The number of carbonyl (C=O) groups excluding carboxylic acids is 2. The summed E-state index contributed by atoms with van der Waals surface area (Å²) in [7, 11) is 1.64. The lowest BCUT2D eigenvalue weighted by Crippen LogP contribution is -2.43. The van der Waals surface area contributed by atoms with E-state index in [1.54, 1.807) is 16.7 Å². The fraction of sp³-hybridized carbons (Fsp3) is 0.476. The second-order valence-electron chi connectivity index (χ2n) is 7.34. The fourth-order valence-corrected chi connectivity index (χ4v) is 3.86. The van der Waals surface area contributed by atoms with Crippen LogP contribution in [0.4, 0.5) is 0 Å². The first-order valence-corrected chi connectivity index (χ1v) is 9.36. The normalized spacial score (nSPS) is 17.0. The summed E-state index contributed by atoms with van der Waals surface area (Å²) in [6.07, 6.45) is 3.46. The molecular formula is C21H27N3O3. The number of nitrogens with zero attached hydrogens (tertiary/aromatic N) is 3. The van der Waals surface area contributed by atoms with Crippen molar-refractivity contribution in [2.24, 2.45) is 5.92 Å². The van der Waals surface area contributed by atoms with Gasteiger partial charge >= 0.3 is 0 Å². The average Bonchev–Trinajstić information content (AvgIpc) is 3.05. The van der Waals surface area contributed by atoms with Crippen LogP contribution in [0.25, 0.3) is 0 Å². The highest BCUT2D eigenvalue weighted by Crippen LogP contribution is 2.27. The molecule has 1 aliphatic heterocycles. The lowest BCUT2D eigenvalue weighted by atomic mass is 9.88. The molecule has 2 heterocycles. The number of methoxy groups -OCH3 is 1. The minimum Gasteiger partial charge on any atom is -0.496 e. The third kappa shape index (κ3) is 4.21. The monoisotopic (exact) mass is 369 g/mol. The number of hydrogen-bond donors (Lipinski definition) is 0. The summed E-state index contributed by atoms with van der Waals surface area (Å²) >= 11 is 0. The number of carbonyl (C=O) groups is 2. The number of Topliss-reactive ketones (excluding diaryl/α,β-unsaturated/α-hetero) is 1. The maximum Gasteiger partial charge on any atom is 0.244 e. The number of piperidine rings is 1. The summed E-state index contributed by atoms with van der Waals surface area (Å²) in [5, 5.41) is 4.27. The van der Waals surface area contributed by atoms with Crippen LogP contribution in [0.1, 0.15) is 40.0 Å². The van der Waals surface area contributed by atoms with Crippen molar-refractivity contribution in [1.82, 2.24) is 14.7 Å². The molecule has 0 spiro atoms. The number of ether oxygens (including phenoxy) is 1. The Hall–Kier alpha value is -2.63. The zero-order chi connectivity index (χ0) is 19.6. The Kier molecular flexibility index (Phi) is 5.63. The second-order valence-corrected chi connectivity index (χ2v) is 7.34. The standard InChI is InChI=1S/C21H27N3O3/c1-14-10-18(11-15(2)21(14)27-4)20(26)17-6-5-8-23(12-17)19(25)13-24-9-7-16(3)22-24/h7,9-11,17H,5-6,8,12-13H2,1-4H3/t17-/m1/s1. The van der Waals surface area contributed by atoms with Crippen molar-refractivity contribution >= 4 is 11.7 Å². The molecule has 6 heteroatoms. The molecule has 1 amide bonds. The Morgan fingerprint density at radius 2 is 1.93 bits per heavy atom. The lowest BCUT2D eigenvalue weighted by molar-refractivity contribution is -0.133. The lowest BCUT2D eigenvalue weighted by Gasteiger charge is -2.32. The SMILES string of the molecule is COc1c(C)cc(C(=O)[C@@H]2CCCN(C(=O)Cn3ccc(C)n3)C2)cc1C. The zero-order valence-electron chi connectivity index (χ0n) is 16.5. The minimum absolute atomic E-state index is 0.0118. The molecule has 1 saturated heterocycles. The van der Waals surface area contributed by atoms with Crippen molar-refractivity contribution in [3.8, 4) is 5.75 Å². The number of aryl methyl sites for hydroxylation is 3. The van der Waals surface area contributed by atoms with E-state index in [0.717, 1.165) is 35.4 Å². The Balaban J connectivity index is 1.70. The second kappa shape index (κ2) is 7.94. The zero-order valence-corrected chi connectivity index (χ0v) is 16.5. The first-order chi connectivity index (χ1) is 12.9. The van der Waals surface area contributed by atoms with Crippen LogP contribution in [0.5, 0.6) is 5.75 Å². The molecule has 1 fully saturated rings. The van der Waals surface area contributed by atoms with E-state index in [9.17, 15) is 9.59 Å². The predicted octanol–water partition coefficient (Wildman–Crippen LogP) is 2.94. The van der Waals surface area contributed by atoms with E-state index in [-0.39, 0.29) is 24.2 Å². The molecule has 0 unspecified atom stereocenters. The number of ketones is 1. The Bertz CT molecular complexity index is 833. The van der Waals surface area contributed by atoms with Gasteiger partial charge in [0.1, 0.15) is 12.3 Å². The molecule has 27 heavy (non-hydrogen) atoms. The van der Waals surface area contributed by atoms with Gasteiger partial charge in [-0.05, 0) is 62.9 Å². The molecule has 1 aliphatic rings. The van der Waals surface area contributed by atoms with Gasteiger partial charge in [0.25, 0.3) is 0 Å². The molecule has 0 N–H and O–H groups in total. The third-order valence-electron chi connectivity index (χ3n) is 5.17. The maximum atomic E-state index is 13.0. The quantitative estimate of drug-likeness (QED) is 0.760. The molecule has 0 radical (unpaired) electrons. The van der Waals surface area contributed by atoms with Gasteiger partial charge in [0.15, 0.2) is 5.78 Å². The highest BCUT2D eigenvalue weighted by Gasteiger charge is 2.29. The summed E-state index contributed by atoms with van der Waals surface area (Å²) in [5.74, 6) is 0.782. The summed E-state index contributed by atoms with van der Waals surface area (Å²) < 4.78 is 7.04. The van der Waals surface area contributed by atoms with Crippen molar-refractivity contribution in [2.45, 2.75) is 40.2 Å². The van der Waals surface area contributed by atoms with Crippen molar-refractivity contribution in [1.29, 1.82) is 0 Å². The molecule has 0 saturated carbocycles. The van der Waals surface area contributed by atoms with Gasteiger partial charge in [0, 0.05) is 30.8 Å². The summed E-state index contributed by atoms with van der Waals surface area (Å²) in [4.78, 5) is 27.4. The molecule has 0 bridgehead atoms. The van der Waals surface area contributed by atoms with E-state index in [4.69, 9.17) is 4.74 Å². The molecule has 1 atom stereocenters. The summed E-state index contributed by atoms with van der Waals surface area (Å²) in [6.45, 7) is 7.19. The van der Waals surface area contributed by atoms with Crippen LogP contribution < -0.4 is 4.74 Å². The molecular weight excluding hydrogens is 342 g/mol. The number of aromatic nitrogens is 2. The van der Waals surface area contributed by atoms with Crippen LogP contribution in [-0.4, -0.2) is 46.6 Å². The van der Waals surface area contributed by atoms with Gasteiger partial charge in [0.05, 0.1) is 12.8 Å². The average molecular weight is 369 g/mol. The van der Waals surface area contributed by atoms with Crippen LogP contribution in [-0.2, 0) is 11.3 Å². The molecule has 0 aliphatic carbocycles. The summed E-state index contributed by atoms with van der Waals surface area (Å²) in [6, 6.07) is 5.66. The molecule has 1 aromatic heterocycles. The van der Waals surface area contributed by atoms with E-state index in [1.807, 2.05) is 45.2 Å². The van der Waals surface area contributed by atoms with Gasteiger partial charge in [-0.15, -0.1) is 0 Å². The molecule has 3 rings (SSSR count). The van der Waals surface area contributed by atoms with Crippen LogP contribution in [0.15, 0.2) is 24.4 Å². The number of benzene rings is 1. The smallest absolute Gasteiger partial charge is 0.244 e. The largest absolute Gasteiger partial charge is 0.496 e. The van der Waals surface area contributed by atoms with Gasteiger partial charge < -0.3 is 9.64 Å². The number of hydrogen-bond acceptors (Lipinski definition) is 4. The highest BCUT2D eigenvalue weighted by atomic mass is 16.5. The Morgan fingerprint density at radius 3 is 2.52 bits per heavy atom. The van der Waals surface area contributed by atoms with Gasteiger partial charge in [-0.2, -0.15) is 5.10 Å². The highest BCUT2D eigenvalue weighted by molar-refractivity contribution is 5.99. The van der Waals surface area contributed by atoms with Gasteiger partial charge in [-0.25, -0.2) is 0 Å². The number of amides is 1. The number of rotatable bonds is 5. The van der Waals surface area contributed by atoms with E-state index in [1.165, 1.54) is 0 Å². The number of likely N-dealkylation sites (tertiary alicyclic amines) is 1. The van der Waals surface area contributed by atoms with Gasteiger partial charge in [-0.1, -0.05) is 0 Å². The van der Waals surface area contributed by atoms with Crippen molar-refractivity contribution in [2.75, 3.05) is 20.2 Å². The van der Waals surface area contributed by atoms with E-state index >= 15 is 0 Å². The Morgan fingerprint density at radius 1 is 1.22 bits per heavy atom. The molecule has 6 nitrogen and oxygen atoms in total. The first kappa shape index (κ1) is 19.1.